The van der Waals surface area contributed by atoms with E-state index in [1.807, 2.05) is 62.4 Å². The van der Waals surface area contributed by atoms with Gasteiger partial charge in [-0.25, -0.2) is 9.97 Å². The SMILES string of the molecule is CCNCc1ccc(-c2nnc(-c3nc(-c4ccc([S+]([O-])C(C)C)cc4)cnc3N)o2)cc1. The normalized spacial score (nSPS) is 12.3. The number of anilines is 1. The van der Waals surface area contributed by atoms with E-state index < -0.39 is 11.2 Å². The third kappa shape index (κ3) is 5.22. The predicted molar refractivity (Wildman–Crippen MR) is 130 cm³/mol. The molecule has 33 heavy (non-hydrogen) atoms. The molecule has 2 aromatic heterocycles. The lowest BCUT2D eigenvalue weighted by atomic mass is 10.1. The fraction of sp³-hybridized carbons (Fsp3) is 0.250. The van der Waals surface area contributed by atoms with E-state index >= 15 is 0 Å². The summed E-state index contributed by atoms with van der Waals surface area (Å²) in [5, 5.41) is 11.6. The molecule has 9 heteroatoms. The van der Waals surface area contributed by atoms with E-state index in [2.05, 4.69) is 32.4 Å². The number of aromatic nitrogens is 4. The number of hydrogen-bond donors (Lipinski definition) is 2. The average molecular weight is 463 g/mol. The number of benzene rings is 2. The first-order valence-electron chi connectivity index (χ1n) is 10.7. The van der Waals surface area contributed by atoms with Crippen LogP contribution in [0.5, 0.6) is 0 Å². The maximum Gasteiger partial charge on any atom is 0.270 e. The second-order valence-electron chi connectivity index (χ2n) is 7.75. The van der Waals surface area contributed by atoms with Crippen LogP contribution in [0.2, 0.25) is 0 Å². The molecule has 0 fully saturated rings. The summed E-state index contributed by atoms with van der Waals surface area (Å²) < 4.78 is 18.2. The van der Waals surface area contributed by atoms with Gasteiger partial charge in [0, 0.05) is 17.7 Å². The van der Waals surface area contributed by atoms with Gasteiger partial charge < -0.3 is 20.0 Å². The van der Waals surface area contributed by atoms with Crippen molar-refractivity contribution in [3.63, 3.8) is 0 Å². The molecule has 1 atom stereocenters. The third-order valence-corrected chi connectivity index (χ3v) is 6.61. The molecule has 2 aromatic carbocycles. The van der Waals surface area contributed by atoms with Gasteiger partial charge in [0.05, 0.1) is 11.9 Å². The largest absolute Gasteiger partial charge is 0.611 e. The zero-order chi connectivity index (χ0) is 23.4. The summed E-state index contributed by atoms with van der Waals surface area (Å²) in [7, 11) is 0. The minimum Gasteiger partial charge on any atom is -0.611 e. The number of nitrogens with zero attached hydrogens (tertiary/aromatic N) is 4. The van der Waals surface area contributed by atoms with Gasteiger partial charge in [0.25, 0.3) is 5.89 Å². The van der Waals surface area contributed by atoms with E-state index in [0.29, 0.717) is 17.3 Å². The monoisotopic (exact) mass is 462 g/mol. The molecule has 4 aromatic rings. The molecule has 0 amide bonds. The minimum absolute atomic E-state index is 0.0506. The maximum absolute atomic E-state index is 12.3. The Balaban J connectivity index is 1.58. The molecule has 0 spiro atoms. The van der Waals surface area contributed by atoms with Crippen molar-refractivity contribution in [3.05, 3.63) is 60.3 Å². The highest BCUT2D eigenvalue weighted by atomic mass is 32.2. The zero-order valence-corrected chi connectivity index (χ0v) is 19.6. The van der Waals surface area contributed by atoms with Crippen LogP contribution in [0.4, 0.5) is 5.82 Å². The Morgan fingerprint density at radius 3 is 2.33 bits per heavy atom. The Labute approximate surface area is 195 Å². The van der Waals surface area contributed by atoms with Gasteiger partial charge in [-0.2, -0.15) is 0 Å². The molecule has 0 aliphatic carbocycles. The van der Waals surface area contributed by atoms with Crippen molar-refractivity contribution in [3.8, 4) is 34.3 Å². The van der Waals surface area contributed by atoms with Crippen molar-refractivity contribution in [2.45, 2.75) is 37.5 Å². The Kier molecular flexibility index (Phi) is 7.02. The molecule has 0 bridgehead atoms. The molecule has 4 rings (SSSR count). The Morgan fingerprint density at radius 1 is 1.00 bits per heavy atom. The molecule has 1 unspecified atom stereocenters. The van der Waals surface area contributed by atoms with Crippen LogP contribution in [0.3, 0.4) is 0 Å². The fourth-order valence-electron chi connectivity index (χ4n) is 3.20. The van der Waals surface area contributed by atoms with Crippen LogP contribution in [0.1, 0.15) is 26.3 Å². The van der Waals surface area contributed by atoms with Gasteiger partial charge in [0.15, 0.2) is 16.4 Å². The number of nitrogens with two attached hydrogens (primary N) is 1. The number of nitrogens with one attached hydrogen (secondary N) is 1. The van der Waals surface area contributed by atoms with Crippen molar-refractivity contribution in [1.82, 2.24) is 25.5 Å². The first-order chi connectivity index (χ1) is 16.0. The van der Waals surface area contributed by atoms with Crippen LogP contribution in [-0.4, -0.2) is 36.5 Å². The van der Waals surface area contributed by atoms with E-state index in [-0.39, 0.29) is 17.0 Å². The highest BCUT2D eigenvalue weighted by molar-refractivity contribution is 7.92. The van der Waals surface area contributed by atoms with Crippen LogP contribution in [0, 0.1) is 0 Å². The molecular weight excluding hydrogens is 436 g/mol. The second-order valence-corrected chi connectivity index (χ2v) is 9.76. The lowest BCUT2D eigenvalue weighted by Crippen LogP contribution is -2.13. The summed E-state index contributed by atoms with van der Waals surface area (Å²) in [6.07, 6.45) is 1.59. The molecule has 0 aliphatic heterocycles. The summed E-state index contributed by atoms with van der Waals surface area (Å²) >= 11 is -1.05. The molecule has 0 radical (unpaired) electrons. The van der Waals surface area contributed by atoms with Crippen LogP contribution >= 0.6 is 0 Å². The fourth-order valence-corrected chi connectivity index (χ4v) is 4.15. The van der Waals surface area contributed by atoms with Crippen molar-refractivity contribution in [2.24, 2.45) is 0 Å². The van der Waals surface area contributed by atoms with Gasteiger partial charge in [-0.05, 0) is 73.5 Å². The van der Waals surface area contributed by atoms with E-state index in [9.17, 15) is 4.55 Å². The van der Waals surface area contributed by atoms with E-state index in [1.165, 1.54) is 5.56 Å². The molecular formula is C24H26N6O2S. The van der Waals surface area contributed by atoms with Crippen molar-refractivity contribution in [2.75, 3.05) is 12.3 Å². The van der Waals surface area contributed by atoms with E-state index in [0.717, 1.165) is 29.1 Å². The van der Waals surface area contributed by atoms with Gasteiger partial charge in [0.1, 0.15) is 5.25 Å². The third-order valence-electron chi connectivity index (χ3n) is 5.02. The summed E-state index contributed by atoms with van der Waals surface area (Å²) in [4.78, 5) is 9.64. The van der Waals surface area contributed by atoms with E-state index in [4.69, 9.17) is 10.2 Å². The van der Waals surface area contributed by atoms with Crippen molar-refractivity contribution in [1.29, 1.82) is 0 Å². The quantitative estimate of drug-likeness (QED) is 0.375. The van der Waals surface area contributed by atoms with E-state index in [1.54, 1.807) is 6.20 Å². The Morgan fingerprint density at radius 2 is 1.67 bits per heavy atom. The highest BCUT2D eigenvalue weighted by Crippen LogP contribution is 2.28. The molecule has 3 N–H and O–H groups in total. The van der Waals surface area contributed by atoms with Crippen LogP contribution < -0.4 is 11.1 Å². The zero-order valence-electron chi connectivity index (χ0n) is 18.8. The first kappa shape index (κ1) is 22.9. The molecule has 0 saturated carbocycles. The molecule has 0 aliphatic rings. The summed E-state index contributed by atoms with van der Waals surface area (Å²) in [5.41, 5.74) is 9.80. The molecule has 8 nitrogen and oxygen atoms in total. The van der Waals surface area contributed by atoms with Gasteiger partial charge in [-0.3, -0.25) is 0 Å². The standard InChI is InChI=1S/C24H26N6O2S/c1-4-26-13-16-5-7-18(8-6-16)23-29-30-24(32-23)21-22(25)27-14-20(28-21)17-9-11-19(12-10-17)33(31)15(2)3/h5-12,14-15,26H,4,13H2,1-3H3,(H2,25,27). The molecule has 2 heterocycles. The van der Waals surface area contributed by atoms with Crippen LogP contribution in [0.15, 0.2) is 64.0 Å². The Bertz CT molecular complexity index is 1210. The number of rotatable bonds is 8. The summed E-state index contributed by atoms with van der Waals surface area (Å²) in [5.74, 6) is 0.783. The van der Waals surface area contributed by atoms with Gasteiger partial charge in [-0.1, -0.05) is 19.1 Å². The van der Waals surface area contributed by atoms with Gasteiger partial charge in [0.2, 0.25) is 5.89 Å². The molecule has 170 valence electrons. The second kappa shape index (κ2) is 10.1. The first-order valence-corrected chi connectivity index (χ1v) is 11.9. The minimum atomic E-state index is -1.05. The highest BCUT2D eigenvalue weighted by Gasteiger charge is 2.18. The van der Waals surface area contributed by atoms with Crippen LogP contribution in [-0.2, 0) is 17.7 Å². The smallest absolute Gasteiger partial charge is 0.270 e. The average Bonchev–Trinajstić information content (AvgIpc) is 3.33. The summed E-state index contributed by atoms with van der Waals surface area (Å²) in [6.45, 7) is 7.65. The Hall–Kier alpha value is -3.27. The lowest BCUT2D eigenvalue weighted by Gasteiger charge is -2.14. The van der Waals surface area contributed by atoms with Crippen molar-refractivity contribution < 1.29 is 8.97 Å². The van der Waals surface area contributed by atoms with Gasteiger partial charge >= 0.3 is 0 Å². The maximum atomic E-state index is 12.3. The van der Waals surface area contributed by atoms with Gasteiger partial charge in [-0.15, -0.1) is 10.2 Å². The molecule has 0 saturated heterocycles. The number of hydrogen-bond acceptors (Lipinski definition) is 8. The predicted octanol–water partition coefficient (Wildman–Crippen LogP) is 4.07. The lowest BCUT2D eigenvalue weighted by molar-refractivity contribution is 0.582. The summed E-state index contributed by atoms with van der Waals surface area (Å²) in [6, 6.07) is 15.3. The van der Waals surface area contributed by atoms with Crippen molar-refractivity contribution >= 4 is 17.0 Å². The van der Waals surface area contributed by atoms with Crippen LogP contribution in [0.25, 0.3) is 34.3 Å². The number of nitrogen functional groups attached to an aromatic ring is 1. The topological polar surface area (TPSA) is 126 Å².